The zero-order chi connectivity index (χ0) is 20.7. The Bertz CT molecular complexity index is 599. The minimum absolute atomic E-state index is 0.420. The van der Waals surface area contributed by atoms with E-state index in [2.05, 4.69) is 0 Å². The molecule has 0 N–H and O–H groups in total. The standard InChI is InChI=1S/C16H22O11/c1-7(17)22-6-12(23-8(2)18)13-14(24-9(3)19)15(25-10(4)20)16(27-13)26-11(5)21/h12-16H,6H2,1-5H3/t12-,13-,14+,15+,16?/m1/s1. The first-order chi connectivity index (χ1) is 12.5. The number of ether oxygens (including phenoxy) is 6. The first-order valence-electron chi connectivity index (χ1n) is 7.99. The average molecular weight is 390 g/mol. The fourth-order valence-electron chi connectivity index (χ4n) is 2.46. The maximum atomic E-state index is 11.5. The molecular weight excluding hydrogens is 368 g/mol. The molecule has 1 saturated heterocycles. The average Bonchev–Trinajstić information content (AvgIpc) is 2.79. The minimum atomic E-state index is -1.42. The van der Waals surface area contributed by atoms with E-state index in [1.165, 1.54) is 0 Å². The lowest BCUT2D eigenvalue weighted by atomic mass is 10.1. The molecule has 11 nitrogen and oxygen atoms in total. The highest BCUT2D eigenvalue weighted by atomic mass is 16.8. The van der Waals surface area contributed by atoms with E-state index in [4.69, 9.17) is 28.4 Å². The van der Waals surface area contributed by atoms with Crippen LogP contribution in [-0.4, -0.2) is 67.2 Å². The van der Waals surface area contributed by atoms with Crippen molar-refractivity contribution in [3.8, 4) is 0 Å². The lowest BCUT2D eigenvalue weighted by molar-refractivity contribution is -0.203. The van der Waals surface area contributed by atoms with E-state index in [-0.39, 0.29) is 0 Å². The quantitative estimate of drug-likeness (QED) is 0.415. The molecule has 0 amide bonds. The Morgan fingerprint density at radius 1 is 0.741 bits per heavy atom. The van der Waals surface area contributed by atoms with Crippen molar-refractivity contribution < 1.29 is 52.4 Å². The van der Waals surface area contributed by atoms with Gasteiger partial charge in [-0.05, 0) is 0 Å². The molecule has 0 saturated carbocycles. The smallest absolute Gasteiger partial charge is 0.305 e. The Balaban J connectivity index is 3.20. The third-order valence-electron chi connectivity index (χ3n) is 3.23. The maximum absolute atomic E-state index is 11.5. The van der Waals surface area contributed by atoms with E-state index >= 15 is 0 Å². The Morgan fingerprint density at radius 3 is 1.70 bits per heavy atom. The normalized spacial score (nSPS) is 25.1. The van der Waals surface area contributed by atoms with Crippen LogP contribution in [0.4, 0.5) is 0 Å². The lowest BCUT2D eigenvalue weighted by Crippen LogP contribution is -2.46. The van der Waals surface area contributed by atoms with E-state index < -0.39 is 67.2 Å². The van der Waals surface area contributed by atoms with Crippen LogP contribution in [0.5, 0.6) is 0 Å². The van der Waals surface area contributed by atoms with E-state index in [0.717, 1.165) is 34.6 Å². The van der Waals surface area contributed by atoms with Gasteiger partial charge in [0.25, 0.3) is 0 Å². The predicted octanol–water partition coefficient (Wildman–Crippen LogP) is -0.367. The van der Waals surface area contributed by atoms with Crippen molar-refractivity contribution in [1.29, 1.82) is 0 Å². The Morgan fingerprint density at radius 2 is 1.26 bits per heavy atom. The molecule has 152 valence electrons. The molecule has 0 bridgehead atoms. The van der Waals surface area contributed by atoms with Crippen molar-refractivity contribution in [3.05, 3.63) is 0 Å². The van der Waals surface area contributed by atoms with Gasteiger partial charge in [-0.15, -0.1) is 0 Å². The highest BCUT2D eigenvalue weighted by Gasteiger charge is 2.55. The summed E-state index contributed by atoms with van der Waals surface area (Å²) in [6, 6.07) is 0. The number of hydrogen-bond donors (Lipinski definition) is 0. The summed E-state index contributed by atoms with van der Waals surface area (Å²) in [6.07, 6.45) is -6.46. The molecule has 0 aliphatic carbocycles. The molecule has 0 aromatic heterocycles. The summed E-state index contributed by atoms with van der Waals surface area (Å²) < 4.78 is 30.7. The highest BCUT2D eigenvalue weighted by molar-refractivity contribution is 5.69. The van der Waals surface area contributed by atoms with Crippen molar-refractivity contribution in [2.24, 2.45) is 0 Å². The number of carbonyl (C=O) groups excluding carboxylic acids is 5. The van der Waals surface area contributed by atoms with Gasteiger partial charge in [-0.25, -0.2) is 0 Å². The number of esters is 5. The molecule has 1 aliphatic rings. The maximum Gasteiger partial charge on any atom is 0.305 e. The second kappa shape index (κ2) is 9.86. The molecule has 1 unspecified atom stereocenters. The van der Waals surface area contributed by atoms with Gasteiger partial charge in [0.05, 0.1) is 0 Å². The predicted molar refractivity (Wildman–Crippen MR) is 83.7 cm³/mol. The molecule has 1 aliphatic heterocycles. The van der Waals surface area contributed by atoms with Crippen molar-refractivity contribution in [3.63, 3.8) is 0 Å². The minimum Gasteiger partial charge on any atom is -0.462 e. The number of hydrogen-bond acceptors (Lipinski definition) is 11. The molecule has 1 rings (SSSR count). The zero-order valence-corrected chi connectivity index (χ0v) is 15.6. The number of carbonyl (C=O) groups is 5. The summed E-state index contributed by atoms with van der Waals surface area (Å²) in [5.74, 6) is -3.62. The summed E-state index contributed by atoms with van der Waals surface area (Å²) in [5, 5.41) is 0. The molecule has 0 spiro atoms. The van der Waals surface area contributed by atoms with Crippen molar-refractivity contribution in [2.45, 2.75) is 65.3 Å². The lowest BCUT2D eigenvalue weighted by Gasteiger charge is -2.27. The second-order valence-corrected chi connectivity index (χ2v) is 5.68. The summed E-state index contributed by atoms with van der Waals surface area (Å²) in [5.41, 5.74) is 0. The van der Waals surface area contributed by atoms with Gasteiger partial charge in [-0.3, -0.25) is 24.0 Å². The van der Waals surface area contributed by atoms with Crippen LogP contribution in [0.15, 0.2) is 0 Å². The van der Waals surface area contributed by atoms with Crippen molar-refractivity contribution >= 4 is 29.8 Å². The van der Waals surface area contributed by atoms with Gasteiger partial charge in [-0.1, -0.05) is 0 Å². The van der Waals surface area contributed by atoms with Crippen molar-refractivity contribution in [2.75, 3.05) is 6.61 Å². The monoisotopic (exact) mass is 390 g/mol. The molecule has 1 fully saturated rings. The van der Waals surface area contributed by atoms with Crippen molar-refractivity contribution in [1.82, 2.24) is 0 Å². The van der Waals surface area contributed by atoms with Gasteiger partial charge in [0.2, 0.25) is 12.4 Å². The SMILES string of the molecule is CC(=O)OC[C@@H](OC(C)=O)[C@H]1OC(OC(C)=O)[C@@H](OC(C)=O)[C@H]1OC(C)=O. The van der Waals surface area contributed by atoms with Crippen LogP contribution < -0.4 is 0 Å². The molecular formula is C16H22O11. The van der Waals surface area contributed by atoms with Crippen LogP contribution in [0.3, 0.4) is 0 Å². The van der Waals surface area contributed by atoms with Gasteiger partial charge in [0.1, 0.15) is 12.7 Å². The fourth-order valence-corrected chi connectivity index (χ4v) is 2.46. The largest absolute Gasteiger partial charge is 0.462 e. The van der Waals surface area contributed by atoms with Crippen LogP contribution in [-0.2, 0) is 52.4 Å². The zero-order valence-electron chi connectivity index (χ0n) is 15.6. The molecule has 0 aromatic carbocycles. The highest BCUT2D eigenvalue weighted by Crippen LogP contribution is 2.31. The third-order valence-corrected chi connectivity index (χ3v) is 3.23. The molecule has 0 aromatic rings. The van der Waals surface area contributed by atoms with Gasteiger partial charge >= 0.3 is 29.8 Å². The summed E-state index contributed by atoms with van der Waals surface area (Å²) in [6.45, 7) is 5.15. The second-order valence-electron chi connectivity index (χ2n) is 5.68. The Kier molecular flexibility index (Phi) is 8.16. The fraction of sp³-hybridized carbons (Fsp3) is 0.688. The topological polar surface area (TPSA) is 141 Å². The third kappa shape index (κ3) is 7.21. The molecule has 5 atom stereocenters. The first kappa shape index (κ1) is 22.4. The van der Waals surface area contributed by atoms with Gasteiger partial charge in [0.15, 0.2) is 12.2 Å². The molecule has 27 heavy (non-hydrogen) atoms. The van der Waals surface area contributed by atoms with Gasteiger partial charge < -0.3 is 28.4 Å². The molecule has 0 radical (unpaired) electrons. The van der Waals surface area contributed by atoms with E-state index in [0.29, 0.717) is 0 Å². The van der Waals surface area contributed by atoms with Crippen LogP contribution in [0.25, 0.3) is 0 Å². The van der Waals surface area contributed by atoms with E-state index in [1.807, 2.05) is 0 Å². The van der Waals surface area contributed by atoms with E-state index in [9.17, 15) is 24.0 Å². The first-order valence-corrected chi connectivity index (χ1v) is 7.99. The van der Waals surface area contributed by atoms with E-state index in [1.54, 1.807) is 0 Å². The van der Waals surface area contributed by atoms with Gasteiger partial charge in [0, 0.05) is 34.6 Å². The Hall–Kier alpha value is -2.69. The van der Waals surface area contributed by atoms with Crippen LogP contribution in [0.2, 0.25) is 0 Å². The number of rotatable bonds is 7. The van der Waals surface area contributed by atoms with Crippen LogP contribution >= 0.6 is 0 Å². The molecule has 1 heterocycles. The van der Waals surface area contributed by atoms with Gasteiger partial charge in [-0.2, -0.15) is 0 Å². The Labute approximate surface area is 155 Å². The summed E-state index contributed by atoms with van der Waals surface area (Å²) >= 11 is 0. The summed E-state index contributed by atoms with van der Waals surface area (Å²) in [4.78, 5) is 56.7. The molecule has 11 heteroatoms. The van der Waals surface area contributed by atoms with Crippen LogP contribution in [0.1, 0.15) is 34.6 Å². The van der Waals surface area contributed by atoms with Crippen LogP contribution in [0, 0.1) is 0 Å². The summed E-state index contributed by atoms with van der Waals surface area (Å²) in [7, 11) is 0.